The lowest BCUT2D eigenvalue weighted by Crippen LogP contribution is -2.13. The highest BCUT2D eigenvalue weighted by Gasteiger charge is 2.13. The van der Waals surface area contributed by atoms with Gasteiger partial charge in [-0.1, -0.05) is 52.8 Å². The highest BCUT2D eigenvalue weighted by Crippen LogP contribution is 2.22. The van der Waals surface area contributed by atoms with Crippen molar-refractivity contribution < 1.29 is 9.32 Å². The molecular formula is C23H24N6O2S. The quantitative estimate of drug-likeness (QED) is 0.378. The summed E-state index contributed by atoms with van der Waals surface area (Å²) >= 11 is 1.42. The molecule has 0 saturated heterocycles. The summed E-state index contributed by atoms with van der Waals surface area (Å²) in [6.45, 7) is 6.05. The number of hydrogen-bond donors (Lipinski definition) is 2. The summed E-state index contributed by atoms with van der Waals surface area (Å²) in [6.07, 6.45) is 0.648. The second-order valence-corrected chi connectivity index (χ2v) is 8.47. The van der Waals surface area contributed by atoms with Gasteiger partial charge in [0.2, 0.25) is 17.0 Å². The van der Waals surface area contributed by atoms with Gasteiger partial charge in [0.05, 0.1) is 5.75 Å². The number of amides is 1. The number of anilines is 1. The molecule has 0 aliphatic heterocycles. The number of carbonyl (C=O) groups is 1. The van der Waals surface area contributed by atoms with E-state index in [-0.39, 0.29) is 12.3 Å². The maximum absolute atomic E-state index is 12.3. The third-order valence-corrected chi connectivity index (χ3v) is 5.88. The van der Waals surface area contributed by atoms with Crippen LogP contribution in [0.1, 0.15) is 34.8 Å². The van der Waals surface area contributed by atoms with Crippen LogP contribution >= 0.6 is 11.8 Å². The number of hydrogen-bond acceptors (Lipinski definition) is 7. The van der Waals surface area contributed by atoms with Crippen molar-refractivity contribution in [2.24, 2.45) is 0 Å². The van der Waals surface area contributed by atoms with E-state index in [1.165, 1.54) is 11.8 Å². The van der Waals surface area contributed by atoms with E-state index in [4.69, 9.17) is 4.52 Å². The number of aryl methyl sites for hydroxylation is 3. The number of aromatic nitrogens is 5. The van der Waals surface area contributed by atoms with E-state index in [2.05, 4.69) is 36.7 Å². The van der Waals surface area contributed by atoms with Crippen LogP contribution < -0.4 is 5.32 Å². The molecule has 1 amide bonds. The smallest absolute Gasteiger partial charge is 0.227 e. The van der Waals surface area contributed by atoms with Crippen LogP contribution in [0.3, 0.4) is 0 Å². The lowest BCUT2D eigenvalue weighted by atomic mass is 10.1. The van der Waals surface area contributed by atoms with Crippen LogP contribution in [-0.2, 0) is 17.0 Å². The first kappa shape index (κ1) is 21.8. The summed E-state index contributed by atoms with van der Waals surface area (Å²) in [5.41, 5.74) is 5.18. The maximum Gasteiger partial charge on any atom is 0.227 e. The molecule has 2 aromatic carbocycles. The van der Waals surface area contributed by atoms with Crippen molar-refractivity contribution in [1.82, 2.24) is 25.3 Å². The molecule has 164 valence electrons. The first-order chi connectivity index (χ1) is 15.5. The standard InChI is InChI=1S/C23H24N6O2S/c1-14-6-4-8-17(12-14)22-26-23(28-27-22)32-13-19-25-21(31-29-19)11-10-20(30)24-18-9-5-7-15(2)16(18)3/h4-9,12H,10-11,13H2,1-3H3,(H,24,30)(H,26,27,28). The fourth-order valence-corrected chi connectivity index (χ4v) is 3.77. The number of nitrogens with one attached hydrogen (secondary N) is 2. The highest BCUT2D eigenvalue weighted by atomic mass is 32.2. The van der Waals surface area contributed by atoms with Gasteiger partial charge in [-0.05, 0) is 44.0 Å². The summed E-state index contributed by atoms with van der Waals surface area (Å²) in [5, 5.41) is 14.7. The van der Waals surface area contributed by atoms with Crippen molar-refractivity contribution in [2.45, 2.75) is 44.5 Å². The molecule has 0 aliphatic rings. The number of thioether (sulfide) groups is 1. The Balaban J connectivity index is 1.27. The van der Waals surface area contributed by atoms with E-state index in [0.29, 0.717) is 29.0 Å². The predicted molar refractivity (Wildman–Crippen MR) is 123 cm³/mol. The Kier molecular flexibility index (Phi) is 6.65. The average Bonchev–Trinajstić information content (AvgIpc) is 3.44. The van der Waals surface area contributed by atoms with Gasteiger partial charge in [-0.3, -0.25) is 9.89 Å². The topological polar surface area (TPSA) is 110 Å². The third-order valence-electron chi connectivity index (χ3n) is 5.04. The van der Waals surface area contributed by atoms with E-state index >= 15 is 0 Å². The molecule has 9 heteroatoms. The van der Waals surface area contributed by atoms with Crippen molar-refractivity contribution in [3.05, 3.63) is 70.9 Å². The summed E-state index contributed by atoms with van der Waals surface area (Å²) in [7, 11) is 0. The molecule has 0 radical (unpaired) electrons. The molecule has 4 aromatic rings. The second-order valence-electron chi connectivity index (χ2n) is 7.52. The van der Waals surface area contributed by atoms with E-state index in [1.54, 1.807) is 0 Å². The van der Waals surface area contributed by atoms with Gasteiger partial charge in [0.25, 0.3) is 0 Å². The number of nitrogens with zero attached hydrogens (tertiary/aromatic N) is 4. The van der Waals surface area contributed by atoms with Crippen molar-refractivity contribution in [1.29, 1.82) is 0 Å². The Bertz CT molecular complexity index is 1230. The van der Waals surface area contributed by atoms with Gasteiger partial charge in [0.15, 0.2) is 11.6 Å². The summed E-state index contributed by atoms with van der Waals surface area (Å²) < 4.78 is 5.28. The number of aromatic amines is 1. The minimum Gasteiger partial charge on any atom is -0.339 e. The maximum atomic E-state index is 12.3. The Hall–Kier alpha value is -3.46. The van der Waals surface area contributed by atoms with Crippen LogP contribution in [0.5, 0.6) is 0 Å². The molecule has 8 nitrogen and oxygen atoms in total. The van der Waals surface area contributed by atoms with E-state index < -0.39 is 0 Å². The number of H-pyrrole nitrogens is 1. The van der Waals surface area contributed by atoms with Crippen LogP contribution in [0.4, 0.5) is 5.69 Å². The van der Waals surface area contributed by atoms with Crippen molar-refractivity contribution in [3.8, 4) is 11.4 Å². The molecule has 0 spiro atoms. The fourth-order valence-electron chi connectivity index (χ4n) is 3.13. The first-order valence-electron chi connectivity index (χ1n) is 10.3. The largest absolute Gasteiger partial charge is 0.339 e. The molecule has 32 heavy (non-hydrogen) atoms. The molecule has 2 heterocycles. The minimum absolute atomic E-state index is 0.0859. The third kappa shape index (κ3) is 5.42. The lowest BCUT2D eigenvalue weighted by molar-refractivity contribution is -0.116. The van der Waals surface area contributed by atoms with E-state index in [9.17, 15) is 4.79 Å². The van der Waals surface area contributed by atoms with Gasteiger partial charge < -0.3 is 9.84 Å². The van der Waals surface area contributed by atoms with Gasteiger partial charge in [-0.25, -0.2) is 4.98 Å². The molecule has 2 N–H and O–H groups in total. The predicted octanol–water partition coefficient (Wildman–Crippen LogP) is 4.64. The van der Waals surface area contributed by atoms with Crippen molar-refractivity contribution in [3.63, 3.8) is 0 Å². The van der Waals surface area contributed by atoms with E-state index in [0.717, 1.165) is 33.8 Å². The molecule has 2 aromatic heterocycles. The molecular weight excluding hydrogens is 424 g/mol. The molecule has 4 rings (SSSR count). The molecule has 0 unspecified atom stereocenters. The van der Waals surface area contributed by atoms with Gasteiger partial charge >= 0.3 is 0 Å². The zero-order chi connectivity index (χ0) is 22.5. The van der Waals surface area contributed by atoms with Crippen LogP contribution in [-0.4, -0.2) is 31.2 Å². The fraction of sp³-hybridized carbons (Fsp3) is 0.261. The van der Waals surface area contributed by atoms with Crippen LogP contribution in [0.2, 0.25) is 0 Å². The van der Waals surface area contributed by atoms with Gasteiger partial charge in [0.1, 0.15) is 0 Å². The van der Waals surface area contributed by atoms with Crippen molar-refractivity contribution in [2.75, 3.05) is 5.32 Å². The van der Waals surface area contributed by atoms with Crippen LogP contribution in [0.25, 0.3) is 11.4 Å². The molecule has 0 saturated carbocycles. The first-order valence-corrected chi connectivity index (χ1v) is 11.3. The monoisotopic (exact) mass is 448 g/mol. The second kappa shape index (κ2) is 9.78. The minimum atomic E-state index is -0.0859. The summed E-state index contributed by atoms with van der Waals surface area (Å²) in [6, 6.07) is 13.9. The molecule has 0 bridgehead atoms. The lowest BCUT2D eigenvalue weighted by Gasteiger charge is -2.09. The summed E-state index contributed by atoms with van der Waals surface area (Å²) in [5.74, 6) is 2.09. The van der Waals surface area contributed by atoms with Crippen LogP contribution in [0, 0.1) is 20.8 Å². The zero-order valence-electron chi connectivity index (χ0n) is 18.2. The number of carbonyl (C=O) groups excluding carboxylic acids is 1. The van der Waals surface area contributed by atoms with E-state index in [1.807, 2.05) is 57.2 Å². The average molecular weight is 449 g/mol. The molecule has 0 atom stereocenters. The van der Waals surface area contributed by atoms with Gasteiger partial charge in [-0.15, -0.1) is 5.10 Å². The summed E-state index contributed by atoms with van der Waals surface area (Å²) in [4.78, 5) is 21.2. The van der Waals surface area contributed by atoms with Crippen LogP contribution in [0.15, 0.2) is 52.1 Å². The van der Waals surface area contributed by atoms with Crippen molar-refractivity contribution >= 4 is 23.4 Å². The highest BCUT2D eigenvalue weighted by molar-refractivity contribution is 7.98. The zero-order valence-corrected chi connectivity index (χ0v) is 19.0. The number of benzene rings is 2. The Labute approximate surface area is 190 Å². The van der Waals surface area contributed by atoms with Gasteiger partial charge in [-0.2, -0.15) is 4.98 Å². The van der Waals surface area contributed by atoms with Gasteiger partial charge in [0, 0.05) is 24.1 Å². The molecule has 0 aliphatic carbocycles. The number of rotatable bonds is 8. The molecule has 0 fully saturated rings. The normalized spacial score (nSPS) is 11.0. The Morgan fingerprint density at radius 2 is 1.97 bits per heavy atom. The Morgan fingerprint density at radius 1 is 1.12 bits per heavy atom. The SMILES string of the molecule is Cc1cccc(-c2nc(SCc3noc(CCC(=O)Nc4cccc(C)c4C)n3)n[nH]2)c1. The Morgan fingerprint density at radius 3 is 2.81 bits per heavy atom.